The highest BCUT2D eigenvalue weighted by molar-refractivity contribution is 5.85. The number of fused-ring (bicyclic) bond motifs is 1. The molecule has 2 rings (SSSR count). The SMILES string of the molecule is CCCC(=O)N1Cc2ccccc2CC1C(=O)OCC. The Hall–Kier alpha value is -1.84. The molecule has 20 heavy (non-hydrogen) atoms. The van der Waals surface area contributed by atoms with Crippen molar-refractivity contribution >= 4 is 11.9 Å². The van der Waals surface area contributed by atoms with Gasteiger partial charge in [-0.05, 0) is 24.5 Å². The molecule has 1 amide bonds. The Morgan fingerprint density at radius 2 is 1.95 bits per heavy atom. The Morgan fingerprint density at radius 3 is 2.60 bits per heavy atom. The standard InChI is InChI=1S/C16H21NO3/c1-3-7-15(18)17-11-13-9-6-5-8-12(13)10-14(17)16(19)20-4-2/h5-6,8-9,14H,3-4,7,10-11H2,1-2H3. The van der Waals surface area contributed by atoms with Gasteiger partial charge in [0.05, 0.1) is 6.61 Å². The molecule has 4 heteroatoms. The maximum Gasteiger partial charge on any atom is 0.329 e. The molecule has 1 aliphatic heterocycles. The Morgan fingerprint density at radius 1 is 1.25 bits per heavy atom. The Bertz CT molecular complexity index is 453. The van der Waals surface area contributed by atoms with E-state index in [1.165, 1.54) is 0 Å². The van der Waals surface area contributed by atoms with Crippen LogP contribution in [-0.2, 0) is 27.3 Å². The minimum Gasteiger partial charge on any atom is -0.464 e. The maximum atomic E-state index is 12.2. The largest absolute Gasteiger partial charge is 0.464 e. The van der Waals surface area contributed by atoms with E-state index < -0.39 is 6.04 Å². The zero-order valence-electron chi connectivity index (χ0n) is 12.1. The molecule has 1 heterocycles. The first-order valence-corrected chi connectivity index (χ1v) is 7.20. The summed E-state index contributed by atoms with van der Waals surface area (Å²) < 4.78 is 5.12. The van der Waals surface area contributed by atoms with Crippen LogP contribution in [0.2, 0.25) is 0 Å². The second-order valence-electron chi connectivity index (χ2n) is 5.01. The molecule has 1 atom stereocenters. The normalized spacial score (nSPS) is 17.5. The molecule has 0 saturated heterocycles. The van der Waals surface area contributed by atoms with E-state index in [2.05, 4.69) is 0 Å². The van der Waals surface area contributed by atoms with Gasteiger partial charge in [-0.1, -0.05) is 31.2 Å². The van der Waals surface area contributed by atoms with Crippen LogP contribution in [0.5, 0.6) is 0 Å². The topological polar surface area (TPSA) is 46.6 Å². The molecule has 0 aliphatic carbocycles. The summed E-state index contributed by atoms with van der Waals surface area (Å²) in [6.45, 7) is 4.59. The van der Waals surface area contributed by atoms with Crippen molar-refractivity contribution in [3.63, 3.8) is 0 Å². The first kappa shape index (κ1) is 14.6. The van der Waals surface area contributed by atoms with Crippen LogP contribution < -0.4 is 0 Å². The first-order chi connectivity index (χ1) is 9.67. The third kappa shape index (κ3) is 3.00. The van der Waals surface area contributed by atoms with E-state index in [4.69, 9.17) is 4.74 Å². The fourth-order valence-electron chi connectivity index (χ4n) is 2.59. The second kappa shape index (κ2) is 6.55. The summed E-state index contributed by atoms with van der Waals surface area (Å²) in [5, 5.41) is 0. The van der Waals surface area contributed by atoms with Crippen LogP contribution >= 0.6 is 0 Å². The molecule has 0 radical (unpaired) electrons. The molecular weight excluding hydrogens is 254 g/mol. The van der Waals surface area contributed by atoms with Gasteiger partial charge in [0.25, 0.3) is 0 Å². The van der Waals surface area contributed by atoms with Crippen molar-refractivity contribution in [2.45, 2.75) is 45.7 Å². The van der Waals surface area contributed by atoms with Gasteiger partial charge in [-0.3, -0.25) is 4.79 Å². The number of nitrogens with zero attached hydrogens (tertiary/aromatic N) is 1. The Kier molecular flexibility index (Phi) is 4.77. The molecule has 0 bridgehead atoms. The molecule has 1 aromatic rings. The molecule has 1 aromatic carbocycles. The number of ether oxygens (including phenoxy) is 1. The first-order valence-electron chi connectivity index (χ1n) is 7.20. The number of amides is 1. The van der Waals surface area contributed by atoms with Crippen LogP contribution in [0.1, 0.15) is 37.8 Å². The number of benzene rings is 1. The van der Waals surface area contributed by atoms with Gasteiger partial charge >= 0.3 is 5.97 Å². The lowest BCUT2D eigenvalue weighted by molar-refractivity contribution is -0.156. The summed E-state index contributed by atoms with van der Waals surface area (Å²) in [6, 6.07) is 7.48. The van der Waals surface area contributed by atoms with Crippen LogP contribution in [0, 0.1) is 0 Å². The molecule has 0 saturated carbocycles. The van der Waals surface area contributed by atoms with Crippen LogP contribution in [0.3, 0.4) is 0 Å². The van der Waals surface area contributed by atoms with Gasteiger partial charge in [-0.15, -0.1) is 0 Å². The number of hydrogen-bond acceptors (Lipinski definition) is 3. The fraction of sp³-hybridized carbons (Fsp3) is 0.500. The minimum atomic E-state index is -0.483. The van der Waals surface area contributed by atoms with E-state index in [9.17, 15) is 9.59 Å². The second-order valence-corrected chi connectivity index (χ2v) is 5.01. The summed E-state index contributed by atoms with van der Waals surface area (Å²) in [6.07, 6.45) is 1.80. The van der Waals surface area contributed by atoms with Crippen LogP contribution in [0.4, 0.5) is 0 Å². The van der Waals surface area contributed by atoms with Crippen molar-refractivity contribution in [2.24, 2.45) is 0 Å². The Balaban J connectivity index is 2.26. The highest BCUT2D eigenvalue weighted by Gasteiger charge is 2.34. The van der Waals surface area contributed by atoms with E-state index in [-0.39, 0.29) is 11.9 Å². The van der Waals surface area contributed by atoms with Gasteiger partial charge in [0, 0.05) is 19.4 Å². The molecule has 0 aromatic heterocycles. The van der Waals surface area contributed by atoms with Crippen LogP contribution in [0.15, 0.2) is 24.3 Å². The predicted molar refractivity (Wildman–Crippen MR) is 76.0 cm³/mol. The molecule has 1 unspecified atom stereocenters. The van der Waals surface area contributed by atoms with E-state index in [0.29, 0.717) is 26.0 Å². The quantitative estimate of drug-likeness (QED) is 0.792. The molecule has 0 fully saturated rings. The average molecular weight is 275 g/mol. The van der Waals surface area contributed by atoms with Crippen LogP contribution in [0.25, 0.3) is 0 Å². The molecular formula is C16H21NO3. The highest BCUT2D eigenvalue weighted by atomic mass is 16.5. The van der Waals surface area contributed by atoms with E-state index >= 15 is 0 Å². The zero-order chi connectivity index (χ0) is 14.5. The number of carbonyl (C=O) groups is 2. The third-order valence-corrected chi connectivity index (χ3v) is 3.59. The molecule has 1 aliphatic rings. The molecule has 4 nitrogen and oxygen atoms in total. The predicted octanol–water partition coefficient (Wildman–Crippen LogP) is 2.30. The van der Waals surface area contributed by atoms with Gasteiger partial charge in [0.15, 0.2) is 0 Å². The number of hydrogen-bond donors (Lipinski definition) is 0. The highest BCUT2D eigenvalue weighted by Crippen LogP contribution is 2.25. The van der Waals surface area contributed by atoms with Crippen molar-refractivity contribution in [1.29, 1.82) is 0 Å². The van der Waals surface area contributed by atoms with E-state index in [1.807, 2.05) is 31.2 Å². The number of esters is 1. The molecule has 108 valence electrons. The number of carbonyl (C=O) groups excluding carboxylic acids is 2. The lowest BCUT2D eigenvalue weighted by Crippen LogP contribution is -2.49. The van der Waals surface area contributed by atoms with Crippen molar-refractivity contribution < 1.29 is 14.3 Å². The van der Waals surface area contributed by atoms with Gasteiger partial charge < -0.3 is 9.64 Å². The summed E-state index contributed by atoms with van der Waals surface area (Å²) >= 11 is 0. The molecule has 0 N–H and O–H groups in total. The maximum absolute atomic E-state index is 12.2. The summed E-state index contributed by atoms with van der Waals surface area (Å²) in [5.74, 6) is -0.272. The van der Waals surface area contributed by atoms with Gasteiger partial charge in [0.2, 0.25) is 5.91 Å². The smallest absolute Gasteiger partial charge is 0.329 e. The fourth-order valence-corrected chi connectivity index (χ4v) is 2.59. The summed E-state index contributed by atoms with van der Waals surface area (Å²) in [4.78, 5) is 26.0. The van der Waals surface area contributed by atoms with Crippen molar-refractivity contribution in [2.75, 3.05) is 6.61 Å². The van der Waals surface area contributed by atoms with Crippen LogP contribution in [-0.4, -0.2) is 29.4 Å². The summed E-state index contributed by atoms with van der Waals surface area (Å²) in [5.41, 5.74) is 2.25. The molecule has 0 spiro atoms. The average Bonchev–Trinajstić information content (AvgIpc) is 2.46. The number of rotatable bonds is 4. The van der Waals surface area contributed by atoms with Gasteiger partial charge in [-0.2, -0.15) is 0 Å². The monoisotopic (exact) mass is 275 g/mol. The third-order valence-electron chi connectivity index (χ3n) is 3.59. The van der Waals surface area contributed by atoms with E-state index in [0.717, 1.165) is 17.5 Å². The summed E-state index contributed by atoms with van der Waals surface area (Å²) in [7, 11) is 0. The van der Waals surface area contributed by atoms with Gasteiger partial charge in [-0.25, -0.2) is 4.79 Å². The van der Waals surface area contributed by atoms with E-state index in [1.54, 1.807) is 11.8 Å². The minimum absolute atomic E-state index is 0.0278. The van der Waals surface area contributed by atoms with Crippen molar-refractivity contribution in [1.82, 2.24) is 4.90 Å². The van der Waals surface area contributed by atoms with Crippen molar-refractivity contribution in [3.8, 4) is 0 Å². The van der Waals surface area contributed by atoms with Crippen molar-refractivity contribution in [3.05, 3.63) is 35.4 Å². The Labute approximate surface area is 119 Å². The van der Waals surface area contributed by atoms with Gasteiger partial charge in [0.1, 0.15) is 6.04 Å². The lowest BCUT2D eigenvalue weighted by atomic mass is 9.93. The lowest BCUT2D eigenvalue weighted by Gasteiger charge is -2.35. The zero-order valence-corrected chi connectivity index (χ0v) is 12.1.